The number of hydrogen-bond donors (Lipinski definition) is 0. The van der Waals surface area contributed by atoms with Gasteiger partial charge in [0.15, 0.2) is 0 Å². The van der Waals surface area contributed by atoms with Gasteiger partial charge in [0.05, 0.1) is 34.6 Å². The third-order valence-corrected chi connectivity index (χ3v) is 5.63. The summed E-state index contributed by atoms with van der Waals surface area (Å²) in [6.07, 6.45) is 7.31. The van der Waals surface area contributed by atoms with E-state index in [9.17, 15) is 10.5 Å². The fraction of sp³-hybridized carbons (Fsp3) is 0.182. The average Bonchev–Trinajstić information content (AvgIpc) is 3.35. The molecule has 4 aromatic rings. The van der Waals surface area contributed by atoms with Crippen molar-refractivity contribution in [1.82, 2.24) is 19.4 Å². The number of pyridine rings is 1. The highest BCUT2D eigenvalue weighted by atomic mass is 32.2. The molecular formula is C22H18N6S. The lowest BCUT2D eigenvalue weighted by Gasteiger charge is -2.18. The van der Waals surface area contributed by atoms with Gasteiger partial charge < -0.3 is 0 Å². The van der Waals surface area contributed by atoms with Gasteiger partial charge in [-0.1, -0.05) is 23.9 Å². The summed E-state index contributed by atoms with van der Waals surface area (Å²) in [5.41, 5.74) is 3.62. The molecule has 0 bridgehead atoms. The molecule has 4 rings (SSSR count). The largest absolute Gasteiger partial charge is 0.267 e. The molecule has 3 heterocycles. The van der Waals surface area contributed by atoms with E-state index in [1.54, 1.807) is 16.8 Å². The maximum atomic E-state index is 9.52. The SMILES string of the molecule is CC(C)(C)n1cc(-c2cc(Sc3ccccc3C#N)c3c(C#N)cnn3c2)cn1. The zero-order valence-electron chi connectivity index (χ0n) is 16.3. The van der Waals surface area contributed by atoms with Crippen LogP contribution in [0.4, 0.5) is 0 Å². The fourth-order valence-electron chi connectivity index (χ4n) is 3.01. The van der Waals surface area contributed by atoms with Gasteiger partial charge in [-0.3, -0.25) is 4.68 Å². The van der Waals surface area contributed by atoms with Crippen LogP contribution in [0.25, 0.3) is 16.6 Å². The zero-order valence-corrected chi connectivity index (χ0v) is 17.1. The highest BCUT2D eigenvalue weighted by Crippen LogP contribution is 2.37. The molecule has 0 spiro atoms. The van der Waals surface area contributed by atoms with E-state index in [0.29, 0.717) is 11.1 Å². The summed E-state index contributed by atoms with van der Waals surface area (Å²) in [6.45, 7) is 6.29. The van der Waals surface area contributed by atoms with E-state index in [4.69, 9.17) is 0 Å². The maximum absolute atomic E-state index is 9.52. The summed E-state index contributed by atoms with van der Waals surface area (Å²) in [7, 11) is 0. The molecule has 0 saturated carbocycles. The Morgan fingerprint density at radius 1 is 0.897 bits per heavy atom. The fourth-order valence-corrected chi connectivity index (χ4v) is 4.10. The lowest BCUT2D eigenvalue weighted by Crippen LogP contribution is -2.21. The lowest BCUT2D eigenvalue weighted by atomic mass is 10.1. The van der Waals surface area contributed by atoms with E-state index in [1.165, 1.54) is 11.8 Å². The molecule has 0 aliphatic heterocycles. The first-order valence-corrected chi connectivity index (χ1v) is 9.86. The first kappa shape index (κ1) is 18.8. The third kappa shape index (κ3) is 3.49. The lowest BCUT2D eigenvalue weighted by molar-refractivity contribution is 0.355. The second-order valence-electron chi connectivity index (χ2n) is 7.61. The van der Waals surface area contributed by atoms with Crippen molar-refractivity contribution in [2.75, 3.05) is 0 Å². The molecule has 6 nitrogen and oxygen atoms in total. The van der Waals surface area contributed by atoms with Crippen molar-refractivity contribution < 1.29 is 0 Å². The third-order valence-electron chi connectivity index (χ3n) is 4.53. The van der Waals surface area contributed by atoms with Crippen LogP contribution in [0.5, 0.6) is 0 Å². The minimum Gasteiger partial charge on any atom is -0.267 e. The molecule has 0 radical (unpaired) electrons. The van der Waals surface area contributed by atoms with Crippen LogP contribution in [0.2, 0.25) is 0 Å². The normalized spacial score (nSPS) is 11.3. The van der Waals surface area contributed by atoms with E-state index in [1.807, 2.05) is 47.5 Å². The minimum atomic E-state index is -0.120. The molecule has 0 aliphatic rings. The van der Waals surface area contributed by atoms with Crippen LogP contribution < -0.4 is 0 Å². The van der Waals surface area contributed by atoms with Crippen LogP contribution in [-0.2, 0) is 5.54 Å². The van der Waals surface area contributed by atoms with Crippen LogP contribution in [0.3, 0.4) is 0 Å². The second kappa shape index (κ2) is 7.12. The topological polar surface area (TPSA) is 82.7 Å². The average molecular weight is 398 g/mol. The van der Waals surface area contributed by atoms with Crippen molar-refractivity contribution in [3.63, 3.8) is 0 Å². The van der Waals surface area contributed by atoms with Crippen molar-refractivity contribution in [3.8, 4) is 23.3 Å². The minimum absolute atomic E-state index is 0.120. The van der Waals surface area contributed by atoms with Gasteiger partial charge >= 0.3 is 0 Å². The Balaban J connectivity index is 1.88. The van der Waals surface area contributed by atoms with Gasteiger partial charge in [0.1, 0.15) is 12.1 Å². The van der Waals surface area contributed by atoms with Crippen LogP contribution in [-0.4, -0.2) is 19.4 Å². The van der Waals surface area contributed by atoms with Gasteiger partial charge in [-0.05, 0) is 39.0 Å². The van der Waals surface area contributed by atoms with Crippen molar-refractivity contribution in [3.05, 3.63) is 66.2 Å². The number of hydrogen-bond acceptors (Lipinski definition) is 5. The van der Waals surface area contributed by atoms with Crippen LogP contribution in [0.1, 0.15) is 31.9 Å². The standard InChI is InChI=1S/C22H18N6S/c1-22(2,3)28-14-18(12-26-28)16-8-20(21-17(10-24)11-25-27(21)13-16)29-19-7-5-4-6-15(19)9-23/h4-8,11-14H,1-3H3. The molecule has 0 N–H and O–H groups in total. The van der Waals surface area contributed by atoms with E-state index in [-0.39, 0.29) is 5.54 Å². The predicted molar refractivity (Wildman–Crippen MR) is 111 cm³/mol. The quantitative estimate of drug-likeness (QED) is 0.493. The van der Waals surface area contributed by atoms with Gasteiger partial charge in [0, 0.05) is 33.3 Å². The molecule has 142 valence electrons. The summed E-state index contributed by atoms with van der Waals surface area (Å²) in [4.78, 5) is 1.70. The van der Waals surface area contributed by atoms with Gasteiger partial charge in [0.2, 0.25) is 0 Å². The molecular weight excluding hydrogens is 380 g/mol. The Morgan fingerprint density at radius 3 is 2.34 bits per heavy atom. The molecule has 0 amide bonds. The van der Waals surface area contributed by atoms with Crippen LogP contribution >= 0.6 is 11.8 Å². The van der Waals surface area contributed by atoms with Gasteiger partial charge in [-0.2, -0.15) is 20.7 Å². The summed E-state index contributed by atoms with van der Waals surface area (Å²) in [5.74, 6) is 0. The Hall–Kier alpha value is -3.55. The monoisotopic (exact) mass is 398 g/mol. The molecule has 0 saturated heterocycles. The Bertz CT molecular complexity index is 1290. The van der Waals surface area contributed by atoms with Crippen molar-refractivity contribution >= 4 is 17.3 Å². The smallest absolute Gasteiger partial charge is 0.103 e. The molecule has 0 aliphatic carbocycles. The molecule has 0 fully saturated rings. The van der Waals surface area contributed by atoms with Crippen LogP contribution in [0, 0.1) is 22.7 Å². The number of benzene rings is 1. The van der Waals surface area contributed by atoms with E-state index >= 15 is 0 Å². The zero-order chi connectivity index (χ0) is 20.6. The predicted octanol–water partition coefficient (Wildman–Crippen LogP) is 4.85. The van der Waals surface area contributed by atoms with E-state index in [0.717, 1.165) is 26.4 Å². The van der Waals surface area contributed by atoms with E-state index < -0.39 is 0 Å². The first-order valence-electron chi connectivity index (χ1n) is 9.04. The summed E-state index contributed by atoms with van der Waals surface area (Å²) < 4.78 is 3.65. The Kier molecular flexibility index (Phi) is 4.62. The molecule has 1 aromatic carbocycles. The van der Waals surface area contributed by atoms with Gasteiger partial charge in [-0.25, -0.2) is 4.52 Å². The molecule has 0 atom stereocenters. The van der Waals surface area contributed by atoms with Crippen LogP contribution in [0.15, 0.2) is 64.9 Å². The first-order chi connectivity index (χ1) is 13.9. The van der Waals surface area contributed by atoms with Crippen molar-refractivity contribution in [1.29, 1.82) is 10.5 Å². The number of nitrogens with zero attached hydrogens (tertiary/aromatic N) is 6. The number of aromatic nitrogens is 4. The van der Waals surface area contributed by atoms with Crippen molar-refractivity contribution in [2.24, 2.45) is 0 Å². The Morgan fingerprint density at radius 2 is 1.66 bits per heavy atom. The molecule has 7 heteroatoms. The number of rotatable bonds is 3. The highest BCUT2D eigenvalue weighted by Gasteiger charge is 2.18. The molecule has 3 aromatic heterocycles. The number of fused-ring (bicyclic) bond motifs is 1. The maximum Gasteiger partial charge on any atom is 0.103 e. The second-order valence-corrected chi connectivity index (χ2v) is 8.69. The molecule has 29 heavy (non-hydrogen) atoms. The highest BCUT2D eigenvalue weighted by molar-refractivity contribution is 7.99. The molecule has 0 unspecified atom stereocenters. The van der Waals surface area contributed by atoms with E-state index in [2.05, 4.69) is 43.1 Å². The number of nitriles is 2. The van der Waals surface area contributed by atoms with Crippen molar-refractivity contribution in [2.45, 2.75) is 36.1 Å². The summed E-state index contributed by atoms with van der Waals surface area (Å²) in [6, 6.07) is 13.9. The van der Waals surface area contributed by atoms with Gasteiger partial charge in [-0.15, -0.1) is 0 Å². The Labute approximate surface area is 173 Å². The van der Waals surface area contributed by atoms with Gasteiger partial charge in [0.25, 0.3) is 0 Å². The summed E-state index contributed by atoms with van der Waals surface area (Å²) in [5, 5.41) is 27.8. The summed E-state index contributed by atoms with van der Waals surface area (Å²) >= 11 is 1.46.